The van der Waals surface area contributed by atoms with Crippen molar-refractivity contribution in [3.05, 3.63) is 82.2 Å². The van der Waals surface area contributed by atoms with E-state index in [-0.39, 0.29) is 17.0 Å². The third kappa shape index (κ3) is 5.13. The average Bonchev–Trinajstić information content (AvgIpc) is 3.03. The predicted octanol–water partition coefficient (Wildman–Crippen LogP) is 6.26. The van der Waals surface area contributed by atoms with E-state index in [4.69, 9.17) is 41.0 Å². The molecule has 12 heteroatoms. The van der Waals surface area contributed by atoms with Crippen LogP contribution < -0.4 is 35.0 Å². The van der Waals surface area contributed by atoms with Crippen LogP contribution in [-0.2, 0) is 0 Å². The monoisotopic (exact) mass is 611 g/mol. The fourth-order valence-electron chi connectivity index (χ4n) is 4.98. The lowest BCUT2D eigenvalue weighted by Gasteiger charge is -2.16. The summed E-state index contributed by atoms with van der Waals surface area (Å²) in [6, 6.07) is 17.8. The van der Waals surface area contributed by atoms with Gasteiger partial charge in [0.15, 0.2) is 28.6 Å². The first-order valence-electron chi connectivity index (χ1n) is 13.2. The number of anilines is 1. The van der Waals surface area contributed by atoms with Crippen LogP contribution in [0.4, 0.5) is 5.95 Å². The van der Waals surface area contributed by atoms with E-state index in [1.54, 1.807) is 54.7 Å². The molecule has 3 heterocycles. The van der Waals surface area contributed by atoms with Gasteiger partial charge in [0.25, 0.3) is 5.56 Å². The number of benzene rings is 3. The number of fused-ring (bicyclic) bond motifs is 2. The zero-order valence-electron chi connectivity index (χ0n) is 24.1. The van der Waals surface area contributed by atoms with E-state index in [9.17, 15) is 4.79 Å². The smallest absolute Gasteiger partial charge is 0.262 e. The van der Waals surface area contributed by atoms with Crippen LogP contribution in [0.3, 0.4) is 0 Å². The molecule has 3 aromatic heterocycles. The number of rotatable bonds is 8. The van der Waals surface area contributed by atoms with E-state index in [1.807, 2.05) is 12.1 Å². The summed E-state index contributed by atoms with van der Waals surface area (Å²) in [6.45, 7) is 0. The number of ether oxygens (including phenoxy) is 5. The third-order valence-corrected chi connectivity index (χ3v) is 7.25. The number of hydrogen-bond donors (Lipinski definition) is 2. The van der Waals surface area contributed by atoms with Crippen LogP contribution >= 0.6 is 11.6 Å². The van der Waals surface area contributed by atoms with Crippen LogP contribution in [0.15, 0.2) is 71.7 Å². The van der Waals surface area contributed by atoms with E-state index in [0.717, 1.165) is 5.39 Å². The molecule has 11 nitrogen and oxygen atoms in total. The summed E-state index contributed by atoms with van der Waals surface area (Å²) in [6.07, 6.45) is 1.65. The largest absolute Gasteiger partial charge is 0.493 e. The molecule has 6 aromatic rings. The first-order chi connectivity index (χ1) is 21.3. The van der Waals surface area contributed by atoms with Crippen LogP contribution in [0.2, 0.25) is 5.02 Å². The van der Waals surface area contributed by atoms with Crippen molar-refractivity contribution in [3.8, 4) is 56.9 Å². The molecule has 0 bridgehead atoms. The van der Waals surface area contributed by atoms with Crippen LogP contribution in [-0.4, -0.2) is 48.4 Å². The van der Waals surface area contributed by atoms with E-state index in [1.165, 1.54) is 28.4 Å². The molecule has 0 radical (unpaired) electrons. The van der Waals surface area contributed by atoms with Crippen molar-refractivity contribution in [1.29, 1.82) is 0 Å². The minimum absolute atomic E-state index is 0.0600. The number of nitrogens with one attached hydrogen (secondary N) is 1. The van der Waals surface area contributed by atoms with Crippen molar-refractivity contribution < 1.29 is 23.7 Å². The predicted molar refractivity (Wildman–Crippen MR) is 168 cm³/mol. The molecule has 3 aromatic carbocycles. The Hall–Kier alpha value is -5.55. The van der Waals surface area contributed by atoms with Gasteiger partial charge in [-0.1, -0.05) is 17.7 Å². The molecule has 44 heavy (non-hydrogen) atoms. The normalized spacial score (nSPS) is 11.0. The Morgan fingerprint density at radius 3 is 2.18 bits per heavy atom. The molecule has 3 N–H and O–H groups in total. The lowest BCUT2D eigenvalue weighted by molar-refractivity contribution is 0.324. The molecule has 6 rings (SSSR count). The molecule has 0 spiro atoms. The first kappa shape index (κ1) is 28.6. The number of nitrogens with zero attached hydrogens (tertiary/aromatic N) is 3. The van der Waals surface area contributed by atoms with Crippen LogP contribution in [0.1, 0.15) is 0 Å². The minimum Gasteiger partial charge on any atom is -0.493 e. The lowest BCUT2D eigenvalue weighted by atomic mass is 9.99. The van der Waals surface area contributed by atoms with Crippen LogP contribution in [0.25, 0.3) is 44.3 Å². The molecule has 0 aliphatic carbocycles. The summed E-state index contributed by atoms with van der Waals surface area (Å²) in [7, 11) is 6.13. The molecule has 0 saturated heterocycles. The maximum atomic E-state index is 13.2. The van der Waals surface area contributed by atoms with Crippen LogP contribution in [0.5, 0.6) is 34.5 Å². The molecule has 0 amide bonds. The van der Waals surface area contributed by atoms with Crippen molar-refractivity contribution in [2.45, 2.75) is 0 Å². The summed E-state index contributed by atoms with van der Waals surface area (Å²) >= 11 is 6.15. The van der Waals surface area contributed by atoms with E-state index in [2.05, 4.69) is 19.9 Å². The van der Waals surface area contributed by atoms with Gasteiger partial charge in [0, 0.05) is 27.7 Å². The Bertz CT molecular complexity index is 2090. The van der Waals surface area contributed by atoms with Crippen molar-refractivity contribution >= 4 is 39.5 Å². The van der Waals surface area contributed by atoms with Gasteiger partial charge in [-0.2, -0.15) is 4.98 Å². The third-order valence-electron chi connectivity index (χ3n) is 7.02. The van der Waals surface area contributed by atoms with Crippen LogP contribution in [0, 0.1) is 0 Å². The van der Waals surface area contributed by atoms with Gasteiger partial charge >= 0.3 is 0 Å². The average molecular weight is 612 g/mol. The molecular formula is C32H26ClN5O6. The number of nitrogen functional groups attached to an aromatic ring is 1. The van der Waals surface area contributed by atoms with Gasteiger partial charge in [-0.3, -0.25) is 14.8 Å². The van der Waals surface area contributed by atoms with E-state index >= 15 is 0 Å². The summed E-state index contributed by atoms with van der Waals surface area (Å²) in [5.74, 6) is 2.72. The second-order valence-electron chi connectivity index (χ2n) is 9.56. The number of aromatic amines is 1. The maximum absolute atomic E-state index is 13.2. The Morgan fingerprint density at radius 2 is 1.48 bits per heavy atom. The summed E-state index contributed by atoms with van der Waals surface area (Å²) in [5, 5.41) is 1.61. The molecule has 0 saturated carbocycles. The van der Waals surface area contributed by atoms with Gasteiger partial charge in [0.1, 0.15) is 5.75 Å². The molecule has 0 unspecified atom stereocenters. The Kier molecular flexibility index (Phi) is 7.54. The highest BCUT2D eigenvalue weighted by Crippen LogP contribution is 2.43. The van der Waals surface area contributed by atoms with E-state index in [0.29, 0.717) is 67.4 Å². The highest BCUT2D eigenvalue weighted by Gasteiger charge is 2.20. The number of aromatic nitrogens is 4. The molecule has 222 valence electrons. The van der Waals surface area contributed by atoms with Crippen molar-refractivity contribution in [3.63, 3.8) is 0 Å². The number of H-pyrrole nitrogens is 1. The topological polar surface area (TPSA) is 144 Å². The second-order valence-corrected chi connectivity index (χ2v) is 9.99. The number of methoxy groups -OCH3 is 4. The zero-order valence-corrected chi connectivity index (χ0v) is 24.9. The number of nitrogens with two attached hydrogens (primary N) is 1. The van der Waals surface area contributed by atoms with Gasteiger partial charge in [-0.15, -0.1) is 0 Å². The van der Waals surface area contributed by atoms with Gasteiger partial charge < -0.3 is 29.4 Å². The number of pyridine rings is 2. The molecule has 0 aliphatic heterocycles. The minimum atomic E-state index is -0.437. The van der Waals surface area contributed by atoms with Crippen molar-refractivity contribution in [1.82, 2.24) is 19.9 Å². The molecule has 0 atom stereocenters. The molecular weight excluding hydrogens is 586 g/mol. The first-order valence-corrected chi connectivity index (χ1v) is 13.6. The number of hydrogen-bond acceptors (Lipinski definition) is 10. The number of halogens is 1. The Morgan fingerprint density at radius 1 is 0.750 bits per heavy atom. The lowest BCUT2D eigenvalue weighted by Crippen LogP contribution is -2.13. The standard InChI is InChI=1S/C32H26ClN5O6/c1-40-25-11-16(5-8-24(25)44-23-9-10-35-22-14-18(33)6-7-19(22)23)20-15-21(36-30-28(20)31(39)38-32(34)37-30)17-12-26(41-2)29(43-4)27(13-17)42-3/h5-15H,1-4H3,(H3,34,36,37,38,39). The van der Waals surface area contributed by atoms with Gasteiger partial charge in [0.2, 0.25) is 11.7 Å². The van der Waals surface area contributed by atoms with Gasteiger partial charge in [-0.05, 0) is 60.2 Å². The van der Waals surface area contributed by atoms with Crippen molar-refractivity contribution in [2.24, 2.45) is 0 Å². The Labute approximate surface area is 256 Å². The second kappa shape index (κ2) is 11.6. The highest BCUT2D eigenvalue weighted by molar-refractivity contribution is 6.31. The zero-order chi connectivity index (χ0) is 31.0. The SMILES string of the molecule is COc1cc(-c2cc(-c3cc(OC)c(OC)c(OC)c3)nc3nc(N)[nH]c(=O)c23)ccc1Oc1ccnc2cc(Cl)ccc12. The Balaban J connectivity index is 1.51. The summed E-state index contributed by atoms with van der Waals surface area (Å²) in [4.78, 5) is 29.1. The van der Waals surface area contributed by atoms with Gasteiger partial charge in [0.05, 0.1) is 45.0 Å². The summed E-state index contributed by atoms with van der Waals surface area (Å²) in [5.41, 5.74) is 8.65. The van der Waals surface area contributed by atoms with Gasteiger partial charge in [-0.25, -0.2) is 4.98 Å². The van der Waals surface area contributed by atoms with E-state index < -0.39 is 5.56 Å². The molecule has 0 aliphatic rings. The highest BCUT2D eigenvalue weighted by atomic mass is 35.5. The summed E-state index contributed by atoms with van der Waals surface area (Å²) < 4.78 is 28.6. The maximum Gasteiger partial charge on any atom is 0.262 e. The fraction of sp³-hybridized carbons (Fsp3) is 0.125. The fourth-order valence-corrected chi connectivity index (χ4v) is 5.15. The quantitative estimate of drug-likeness (QED) is 0.202. The van der Waals surface area contributed by atoms with Crippen molar-refractivity contribution in [2.75, 3.05) is 34.2 Å². The molecule has 0 fully saturated rings.